The smallest absolute Gasteiger partial charge is 0.293 e. The summed E-state index contributed by atoms with van der Waals surface area (Å²) in [6.07, 6.45) is 1.50. The number of carbonyl (C=O) groups excluding carboxylic acids is 2. The summed E-state index contributed by atoms with van der Waals surface area (Å²) in [4.78, 5) is 38.7. The van der Waals surface area contributed by atoms with Gasteiger partial charge in [0.2, 0.25) is 11.2 Å². The summed E-state index contributed by atoms with van der Waals surface area (Å²) in [6.45, 7) is 1.94. The van der Waals surface area contributed by atoms with E-state index >= 15 is 0 Å². The Kier molecular flexibility index (Phi) is 5.68. The third kappa shape index (κ3) is 4.45. The molecule has 0 saturated heterocycles. The molecule has 0 aliphatic rings. The average molecular weight is 464 g/mol. The summed E-state index contributed by atoms with van der Waals surface area (Å²) in [7, 11) is 0. The molecule has 3 aromatic carbocycles. The molecule has 0 unspecified atom stereocenters. The maximum atomic E-state index is 13.2. The van der Waals surface area contributed by atoms with Crippen molar-refractivity contribution in [2.75, 3.05) is 10.6 Å². The molecule has 5 aromatic rings. The summed E-state index contributed by atoms with van der Waals surface area (Å²) < 4.78 is 7.23. The number of anilines is 2. The number of amides is 2. The van der Waals surface area contributed by atoms with Crippen molar-refractivity contribution in [3.8, 4) is 5.69 Å². The van der Waals surface area contributed by atoms with Crippen molar-refractivity contribution < 1.29 is 14.0 Å². The highest BCUT2D eigenvalue weighted by atomic mass is 16.3. The number of hydrogen-bond donors (Lipinski definition) is 2. The van der Waals surface area contributed by atoms with E-state index in [2.05, 4.69) is 15.7 Å². The molecular formula is C27H20N4O4. The minimum absolute atomic E-state index is 0.0849. The number of para-hydroxylation sites is 2. The van der Waals surface area contributed by atoms with E-state index in [1.165, 1.54) is 16.9 Å². The predicted molar refractivity (Wildman–Crippen MR) is 133 cm³/mol. The lowest BCUT2D eigenvalue weighted by atomic mass is 10.2. The van der Waals surface area contributed by atoms with Crippen molar-refractivity contribution in [2.45, 2.75) is 6.92 Å². The summed E-state index contributed by atoms with van der Waals surface area (Å²) in [6, 6.07) is 24.6. The molecule has 0 aliphatic carbocycles. The van der Waals surface area contributed by atoms with Crippen molar-refractivity contribution in [1.82, 2.24) is 9.78 Å². The number of aromatic nitrogens is 2. The lowest BCUT2D eigenvalue weighted by molar-refractivity contribution is 0.0999. The Hall–Kier alpha value is -4.98. The first-order valence-electron chi connectivity index (χ1n) is 10.9. The fraction of sp³-hybridized carbons (Fsp3) is 0.0370. The van der Waals surface area contributed by atoms with Crippen LogP contribution >= 0.6 is 0 Å². The van der Waals surface area contributed by atoms with Gasteiger partial charge in [-0.25, -0.2) is 4.68 Å². The van der Waals surface area contributed by atoms with Gasteiger partial charge in [-0.15, -0.1) is 0 Å². The van der Waals surface area contributed by atoms with Crippen LogP contribution in [0, 0.1) is 6.92 Å². The molecule has 2 heterocycles. The predicted octanol–water partition coefficient (Wildman–Crippen LogP) is 4.79. The molecule has 0 atom stereocenters. The van der Waals surface area contributed by atoms with Gasteiger partial charge in [0.1, 0.15) is 11.3 Å². The molecule has 0 spiro atoms. The molecular weight excluding hydrogens is 444 g/mol. The lowest BCUT2D eigenvalue weighted by Gasteiger charge is -2.09. The number of carbonyl (C=O) groups is 2. The van der Waals surface area contributed by atoms with E-state index in [9.17, 15) is 14.4 Å². The zero-order valence-corrected chi connectivity index (χ0v) is 18.7. The molecule has 2 aromatic heterocycles. The Morgan fingerprint density at radius 3 is 2.43 bits per heavy atom. The molecule has 2 N–H and O–H groups in total. The van der Waals surface area contributed by atoms with Crippen LogP contribution in [-0.4, -0.2) is 21.6 Å². The topological polar surface area (TPSA) is 106 Å². The van der Waals surface area contributed by atoms with Gasteiger partial charge in [0, 0.05) is 23.3 Å². The second-order valence-electron chi connectivity index (χ2n) is 7.89. The number of hydrogen-bond acceptors (Lipinski definition) is 5. The van der Waals surface area contributed by atoms with Crippen molar-refractivity contribution in [2.24, 2.45) is 0 Å². The number of fused-ring (bicyclic) bond motifs is 1. The fourth-order valence-electron chi connectivity index (χ4n) is 3.69. The first-order chi connectivity index (χ1) is 17.0. The van der Waals surface area contributed by atoms with E-state index in [0.29, 0.717) is 22.3 Å². The molecule has 0 aliphatic heterocycles. The molecule has 2 amide bonds. The van der Waals surface area contributed by atoms with Crippen molar-refractivity contribution in [1.29, 1.82) is 0 Å². The Morgan fingerprint density at radius 1 is 0.857 bits per heavy atom. The molecule has 0 saturated carbocycles. The van der Waals surface area contributed by atoms with Gasteiger partial charge in [-0.2, -0.15) is 5.10 Å². The highest BCUT2D eigenvalue weighted by Gasteiger charge is 2.24. The van der Waals surface area contributed by atoms with Crippen molar-refractivity contribution in [3.63, 3.8) is 0 Å². The van der Waals surface area contributed by atoms with E-state index in [-0.39, 0.29) is 17.1 Å². The van der Waals surface area contributed by atoms with Crippen LogP contribution in [0.3, 0.4) is 0 Å². The second-order valence-corrected chi connectivity index (χ2v) is 7.89. The Balaban J connectivity index is 1.51. The zero-order chi connectivity index (χ0) is 24.4. The van der Waals surface area contributed by atoms with Crippen LogP contribution in [0.2, 0.25) is 0 Å². The minimum Gasteiger partial charge on any atom is -0.449 e. The van der Waals surface area contributed by atoms with Crippen LogP contribution in [0.25, 0.3) is 16.7 Å². The highest BCUT2D eigenvalue weighted by molar-refractivity contribution is 6.16. The SMILES string of the molecule is Cc1cccc(-n2ccc(=O)c(C(=O)Nc3c(C(=O)Nc4ccccc4)oc4ccccc34)n2)c1. The maximum absolute atomic E-state index is 13.2. The van der Waals surface area contributed by atoms with E-state index in [0.717, 1.165) is 5.56 Å². The van der Waals surface area contributed by atoms with Gasteiger partial charge in [-0.05, 0) is 48.9 Å². The number of nitrogens with zero attached hydrogens (tertiary/aromatic N) is 2. The van der Waals surface area contributed by atoms with Gasteiger partial charge in [0.15, 0.2) is 5.69 Å². The quantitative estimate of drug-likeness (QED) is 0.389. The van der Waals surface area contributed by atoms with Crippen LogP contribution < -0.4 is 16.1 Å². The fourth-order valence-corrected chi connectivity index (χ4v) is 3.69. The van der Waals surface area contributed by atoms with Crippen LogP contribution in [0.5, 0.6) is 0 Å². The van der Waals surface area contributed by atoms with Crippen molar-refractivity contribution >= 4 is 34.2 Å². The Morgan fingerprint density at radius 2 is 1.63 bits per heavy atom. The van der Waals surface area contributed by atoms with Gasteiger partial charge in [-0.3, -0.25) is 14.4 Å². The number of nitrogens with one attached hydrogen (secondary N) is 2. The van der Waals surface area contributed by atoms with E-state index < -0.39 is 17.2 Å². The summed E-state index contributed by atoms with van der Waals surface area (Å²) in [5.74, 6) is -1.38. The first kappa shape index (κ1) is 21.8. The number of aryl methyl sites for hydroxylation is 1. The first-order valence-corrected chi connectivity index (χ1v) is 10.9. The van der Waals surface area contributed by atoms with Gasteiger partial charge in [0.05, 0.1) is 5.69 Å². The maximum Gasteiger partial charge on any atom is 0.293 e. The zero-order valence-electron chi connectivity index (χ0n) is 18.7. The third-order valence-corrected chi connectivity index (χ3v) is 5.36. The highest BCUT2D eigenvalue weighted by Crippen LogP contribution is 2.31. The molecule has 5 rings (SSSR count). The lowest BCUT2D eigenvalue weighted by Crippen LogP contribution is -2.26. The van der Waals surface area contributed by atoms with E-state index in [1.54, 1.807) is 48.5 Å². The molecule has 0 fully saturated rings. The van der Waals surface area contributed by atoms with Gasteiger partial charge in [-0.1, -0.05) is 42.5 Å². The van der Waals surface area contributed by atoms with Crippen LogP contribution in [0.4, 0.5) is 11.4 Å². The van der Waals surface area contributed by atoms with Gasteiger partial charge >= 0.3 is 0 Å². The van der Waals surface area contributed by atoms with E-state index in [4.69, 9.17) is 4.42 Å². The van der Waals surface area contributed by atoms with Crippen LogP contribution in [0.1, 0.15) is 26.6 Å². The average Bonchev–Trinajstić information content (AvgIpc) is 3.23. The van der Waals surface area contributed by atoms with E-state index in [1.807, 2.05) is 37.3 Å². The van der Waals surface area contributed by atoms with Gasteiger partial charge < -0.3 is 15.1 Å². The Labute approximate surface area is 199 Å². The summed E-state index contributed by atoms with van der Waals surface area (Å²) >= 11 is 0. The van der Waals surface area contributed by atoms with Gasteiger partial charge in [0.25, 0.3) is 11.8 Å². The monoisotopic (exact) mass is 464 g/mol. The molecule has 0 radical (unpaired) electrons. The molecule has 8 nitrogen and oxygen atoms in total. The number of benzene rings is 3. The van der Waals surface area contributed by atoms with Crippen molar-refractivity contribution in [3.05, 3.63) is 118 Å². The summed E-state index contributed by atoms with van der Waals surface area (Å²) in [5.41, 5.74) is 2.00. The summed E-state index contributed by atoms with van der Waals surface area (Å²) in [5, 5.41) is 10.2. The minimum atomic E-state index is -0.752. The molecule has 35 heavy (non-hydrogen) atoms. The largest absolute Gasteiger partial charge is 0.449 e. The number of furan rings is 1. The second kappa shape index (κ2) is 9.11. The normalized spacial score (nSPS) is 10.8. The Bertz CT molecular complexity index is 1620. The van der Waals surface area contributed by atoms with Crippen LogP contribution in [0.15, 0.2) is 100 Å². The third-order valence-electron chi connectivity index (χ3n) is 5.36. The molecule has 0 bridgehead atoms. The number of rotatable bonds is 5. The van der Waals surface area contributed by atoms with Crippen LogP contribution in [-0.2, 0) is 0 Å². The molecule has 172 valence electrons. The molecule has 8 heteroatoms. The standard InChI is InChI=1S/C27H20N4O4/c1-17-8-7-11-19(16-17)31-15-14-21(32)24(30-31)26(33)29-23-20-12-5-6-13-22(20)35-25(23)27(34)28-18-9-3-2-4-10-18/h2-16H,1H3,(H,28,34)(H,29,33).